The van der Waals surface area contributed by atoms with Crippen LogP contribution in [0.4, 0.5) is 0 Å². The Labute approximate surface area is 145 Å². The Balaban J connectivity index is 1.91. The molecule has 1 aromatic carbocycles. The van der Waals surface area contributed by atoms with Gasteiger partial charge in [0, 0.05) is 19.1 Å². The zero-order valence-corrected chi connectivity index (χ0v) is 15.3. The molecule has 130 valence electrons. The Hall–Kier alpha value is -0.970. The first kappa shape index (κ1) is 18.4. The quantitative estimate of drug-likeness (QED) is 0.782. The van der Waals surface area contributed by atoms with E-state index >= 15 is 0 Å². The molecule has 0 aromatic heterocycles. The standard InChI is InChI=1S/C18H29ClN2O2/c1-4-23-17-11-15(10-16(19)18(17)22-3)12-20-14(2)13-21-8-6-5-7-9-21/h10-11,14,20H,4-9,12-13H2,1-3H3. The molecule has 1 aromatic rings. The van der Waals surface area contributed by atoms with Gasteiger partial charge in [-0.2, -0.15) is 0 Å². The van der Waals surface area contributed by atoms with Gasteiger partial charge in [0.2, 0.25) is 0 Å². The summed E-state index contributed by atoms with van der Waals surface area (Å²) in [6.45, 7) is 9.13. The predicted octanol–water partition coefficient (Wildman–Crippen LogP) is 3.71. The predicted molar refractivity (Wildman–Crippen MR) is 95.8 cm³/mol. The summed E-state index contributed by atoms with van der Waals surface area (Å²) in [6, 6.07) is 4.41. The summed E-state index contributed by atoms with van der Waals surface area (Å²) in [5, 5.41) is 4.18. The van der Waals surface area contributed by atoms with Gasteiger partial charge in [-0.05, 0) is 57.5 Å². The molecule has 1 aliphatic rings. The average Bonchev–Trinajstić information content (AvgIpc) is 2.54. The molecule has 5 heteroatoms. The van der Waals surface area contributed by atoms with E-state index in [4.69, 9.17) is 21.1 Å². The lowest BCUT2D eigenvalue weighted by Crippen LogP contribution is -2.41. The molecule has 1 saturated heterocycles. The molecule has 2 rings (SSSR count). The number of piperidine rings is 1. The third-order valence-electron chi connectivity index (χ3n) is 4.21. The van der Waals surface area contributed by atoms with Crippen molar-refractivity contribution >= 4 is 11.6 Å². The molecule has 0 amide bonds. The van der Waals surface area contributed by atoms with Crippen molar-refractivity contribution < 1.29 is 9.47 Å². The summed E-state index contributed by atoms with van der Waals surface area (Å²) >= 11 is 6.30. The van der Waals surface area contributed by atoms with Gasteiger partial charge in [0.15, 0.2) is 11.5 Å². The van der Waals surface area contributed by atoms with Crippen LogP contribution in [-0.2, 0) is 6.54 Å². The van der Waals surface area contributed by atoms with Crippen LogP contribution in [0.5, 0.6) is 11.5 Å². The Morgan fingerprint density at radius 1 is 1.26 bits per heavy atom. The summed E-state index contributed by atoms with van der Waals surface area (Å²) in [5.74, 6) is 1.32. The molecule has 4 nitrogen and oxygen atoms in total. The summed E-state index contributed by atoms with van der Waals surface area (Å²) in [6.07, 6.45) is 4.04. The van der Waals surface area contributed by atoms with E-state index in [-0.39, 0.29) is 0 Å². The lowest BCUT2D eigenvalue weighted by molar-refractivity contribution is 0.209. The van der Waals surface area contributed by atoms with Crippen LogP contribution in [0.25, 0.3) is 0 Å². The Morgan fingerprint density at radius 3 is 2.65 bits per heavy atom. The first-order valence-corrected chi connectivity index (χ1v) is 8.96. The second-order valence-corrected chi connectivity index (χ2v) is 6.59. The van der Waals surface area contributed by atoms with E-state index in [0.29, 0.717) is 29.2 Å². The fraction of sp³-hybridized carbons (Fsp3) is 0.667. The highest BCUT2D eigenvalue weighted by Gasteiger charge is 2.14. The summed E-state index contributed by atoms with van der Waals surface area (Å²) in [7, 11) is 1.61. The van der Waals surface area contributed by atoms with Crippen LogP contribution in [0.2, 0.25) is 5.02 Å². The normalized spacial score (nSPS) is 17.0. The number of hydrogen-bond donors (Lipinski definition) is 1. The lowest BCUT2D eigenvalue weighted by atomic mass is 10.1. The molecule has 0 spiro atoms. The van der Waals surface area contributed by atoms with Crippen molar-refractivity contribution in [1.29, 1.82) is 0 Å². The average molecular weight is 341 g/mol. The number of hydrogen-bond acceptors (Lipinski definition) is 4. The summed E-state index contributed by atoms with van der Waals surface area (Å²) < 4.78 is 11.0. The number of methoxy groups -OCH3 is 1. The van der Waals surface area contributed by atoms with E-state index in [0.717, 1.165) is 18.7 Å². The number of rotatable bonds is 8. The van der Waals surface area contributed by atoms with Crippen LogP contribution in [-0.4, -0.2) is 44.3 Å². The topological polar surface area (TPSA) is 33.7 Å². The number of likely N-dealkylation sites (tertiary alicyclic amines) is 1. The molecular weight excluding hydrogens is 312 g/mol. The van der Waals surface area contributed by atoms with Crippen molar-refractivity contribution in [2.45, 2.75) is 45.7 Å². The maximum atomic E-state index is 6.30. The second kappa shape index (κ2) is 9.36. The van der Waals surface area contributed by atoms with Gasteiger partial charge >= 0.3 is 0 Å². The van der Waals surface area contributed by atoms with Crippen molar-refractivity contribution in [3.8, 4) is 11.5 Å². The van der Waals surface area contributed by atoms with Gasteiger partial charge in [-0.3, -0.25) is 0 Å². The van der Waals surface area contributed by atoms with Gasteiger partial charge < -0.3 is 19.7 Å². The second-order valence-electron chi connectivity index (χ2n) is 6.19. The minimum Gasteiger partial charge on any atom is -0.491 e. The number of ether oxygens (including phenoxy) is 2. The van der Waals surface area contributed by atoms with E-state index in [2.05, 4.69) is 17.1 Å². The van der Waals surface area contributed by atoms with Crippen molar-refractivity contribution in [3.05, 3.63) is 22.7 Å². The molecule has 0 bridgehead atoms. The molecule has 1 N–H and O–H groups in total. The molecule has 0 radical (unpaired) electrons. The van der Waals surface area contributed by atoms with Crippen molar-refractivity contribution in [2.24, 2.45) is 0 Å². The number of nitrogens with zero attached hydrogens (tertiary/aromatic N) is 1. The molecular formula is C18H29ClN2O2. The van der Waals surface area contributed by atoms with Crippen LogP contribution in [0.3, 0.4) is 0 Å². The largest absolute Gasteiger partial charge is 0.491 e. The first-order chi connectivity index (χ1) is 11.1. The number of halogens is 1. The molecule has 1 heterocycles. The third kappa shape index (κ3) is 5.55. The molecule has 0 saturated carbocycles. The molecule has 23 heavy (non-hydrogen) atoms. The van der Waals surface area contributed by atoms with Gasteiger partial charge in [0.05, 0.1) is 18.7 Å². The monoisotopic (exact) mass is 340 g/mol. The van der Waals surface area contributed by atoms with Gasteiger partial charge in [-0.1, -0.05) is 18.0 Å². The van der Waals surface area contributed by atoms with Crippen LogP contribution < -0.4 is 14.8 Å². The highest BCUT2D eigenvalue weighted by Crippen LogP contribution is 2.36. The van der Waals surface area contributed by atoms with Crippen LogP contribution in [0, 0.1) is 0 Å². The van der Waals surface area contributed by atoms with Crippen LogP contribution in [0.1, 0.15) is 38.7 Å². The highest BCUT2D eigenvalue weighted by atomic mass is 35.5. The molecule has 1 unspecified atom stereocenters. The fourth-order valence-electron chi connectivity index (χ4n) is 3.07. The summed E-state index contributed by atoms with van der Waals surface area (Å²) in [5.41, 5.74) is 1.12. The van der Waals surface area contributed by atoms with E-state index in [9.17, 15) is 0 Å². The first-order valence-electron chi connectivity index (χ1n) is 8.59. The van der Waals surface area contributed by atoms with E-state index in [1.165, 1.54) is 32.4 Å². The SMILES string of the molecule is CCOc1cc(CNC(C)CN2CCCCC2)cc(Cl)c1OC. The Kier molecular flexibility index (Phi) is 7.47. The lowest BCUT2D eigenvalue weighted by Gasteiger charge is -2.29. The van der Waals surface area contributed by atoms with E-state index < -0.39 is 0 Å². The molecule has 1 atom stereocenters. The molecule has 1 aliphatic heterocycles. The maximum absolute atomic E-state index is 6.30. The zero-order valence-electron chi connectivity index (χ0n) is 14.5. The van der Waals surface area contributed by atoms with Crippen LogP contribution in [0.15, 0.2) is 12.1 Å². The van der Waals surface area contributed by atoms with Crippen molar-refractivity contribution in [3.63, 3.8) is 0 Å². The van der Waals surface area contributed by atoms with Gasteiger partial charge in [0.25, 0.3) is 0 Å². The summed E-state index contributed by atoms with van der Waals surface area (Å²) in [4.78, 5) is 2.55. The fourth-order valence-corrected chi connectivity index (χ4v) is 3.38. The number of benzene rings is 1. The zero-order chi connectivity index (χ0) is 16.7. The minimum atomic E-state index is 0.449. The van der Waals surface area contributed by atoms with E-state index in [1.807, 2.05) is 19.1 Å². The number of nitrogens with one attached hydrogen (secondary N) is 1. The van der Waals surface area contributed by atoms with Crippen molar-refractivity contribution in [2.75, 3.05) is 33.4 Å². The van der Waals surface area contributed by atoms with Crippen molar-refractivity contribution in [1.82, 2.24) is 10.2 Å². The van der Waals surface area contributed by atoms with Gasteiger partial charge in [0.1, 0.15) is 0 Å². The maximum Gasteiger partial charge on any atom is 0.179 e. The Morgan fingerprint density at radius 2 is 2.00 bits per heavy atom. The smallest absolute Gasteiger partial charge is 0.179 e. The molecule has 0 aliphatic carbocycles. The van der Waals surface area contributed by atoms with Gasteiger partial charge in [-0.15, -0.1) is 0 Å². The van der Waals surface area contributed by atoms with E-state index in [1.54, 1.807) is 7.11 Å². The van der Waals surface area contributed by atoms with Crippen LogP contribution >= 0.6 is 11.6 Å². The highest BCUT2D eigenvalue weighted by molar-refractivity contribution is 6.32. The third-order valence-corrected chi connectivity index (χ3v) is 4.49. The molecule has 1 fully saturated rings. The minimum absolute atomic E-state index is 0.449. The van der Waals surface area contributed by atoms with Gasteiger partial charge in [-0.25, -0.2) is 0 Å². The Bertz CT molecular complexity index is 490.